The van der Waals surface area contributed by atoms with E-state index in [-0.39, 0.29) is 23.5 Å². The van der Waals surface area contributed by atoms with Gasteiger partial charge in [0.15, 0.2) is 11.5 Å². The smallest absolute Gasteiger partial charge is 0.316 e. The first kappa shape index (κ1) is 14.8. The van der Waals surface area contributed by atoms with Gasteiger partial charge >= 0.3 is 5.69 Å². The molecule has 1 atom stereocenters. The number of hydrogen-bond donors (Lipinski definition) is 1. The van der Waals surface area contributed by atoms with Crippen molar-refractivity contribution >= 4 is 17.3 Å². The van der Waals surface area contributed by atoms with Gasteiger partial charge in [-0.05, 0) is 13.8 Å². The second kappa shape index (κ2) is 5.43. The van der Waals surface area contributed by atoms with Crippen molar-refractivity contribution in [3.8, 4) is 11.5 Å². The average Bonchev–Trinajstić information content (AvgIpc) is 2.69. The standard InChI is InChI=1S/C12H14ClNO6/c1-12(2)19-6-8(20-12)5-18-10-4-7(13)3-9(11(10)15)14(16)17/h3-4,8,15H,5-6H2,1-2H3/t8-/m0/s1. The molecule has 0 aliphatic carbocycles. The maximum atomic E-state index is 10.8. The highest BCUT2D eigenvalue weighted by Gasteiger charge is 2.33. The first-order valence-electron chi connectivity index (χ1n) is 5.90. The van der Waals surface area contributed by atoms with Crippen LogP contribution in [0.5, 0.6) is 11.5 Å². The molecule has 7 nitrogen and oxygen atoms in total. The van der Waals surface area contributed by atoms with E-state index >= 15 is 0 Å². The lowest BCUT2D eigenvalue weighted by molar-refractivity contribution is -0.385. The molecule has 0 bridgehead atoms. The van der Waals surface area contributed by atoms with Gasteiger partial charge < -0.3 is 19.3 Å². The quantitative estimate of drug-likeness (QED) is 0.678. The van der Waals surface area contributed by atoms with E-state index in [1.54, 1.807) is 13.8 Å². The summed E-state index contributed by atoms with van der Waals surface area (Å²) < 4.78 is 16.2. The van der Waals surface area contributed by atoms with Crippen molar-refractivity contribution < 1.29 is 24.2 Å². The molecule has 0 spiro atoms. The molecular weight excluding hydrogens is 290 g/mol. The van der Waals surface area contributed by atoms with E-state index in [1.165, 1.54) is 6.07 Å². The fourth-order valence-corrected chi connectivity index (χ4v) is 2.04. The predicted molar refractivity (Wildman–Crippen MR) is 70.2 cm³/mol. The molecule has 1 fully saturated rings. The lowest BCUT2D eigenvalue weighted by Gasteiger charge is -2.17. The minimum Gasteiger partial charge on any atom is -0.500 e. The highest BCUT2D eigenvalue weighted by molar-refractivity contribution is 6.31. The Balaban J connectivity index is 2.08. The molecule has 8 heteroatoms. The molecule has 0 saturated carbocycles. The number of nitrogens with zero attached hydrogens (tertiary/aromatic N) is 1. The van der Waals surface area contributed by atoms with Crippen LogP contribution in [-0.4, -0.2) is 35.1 Å². The lowest BCUT2D eigenvalue weighted by atomic mass is 10.2. The first-order chi connectivity index (χ1) is 9.28. The van der Waals surface area contributed by atoms with Crippen LogP contribution >= 0.6 is 11.6 Å². The SMILES string of the molecule is CC1(C)OC[C@H](COc2cc(Cl)cc([N+](=O)[O-])c2O)O1. The first-order valence-corrected chi connectivity index (χ1v) is 6.28. The van der Waals surface area contributed by atoms with E-state index < -0.39 is 22.1 Å². The summed E-state index contributed by atoms with van der Waals surface area (Å²) in [7, 11) is 0. The molecule has 1 saturated heterocycles. The van der Waals surface area contributed by atoms with E-state index in [0.29, 0.717) is 6.61 Å². The van der Waals surface area contributed by atoms with Crippen LogP contribution in [0.1, 0.15) is 13.8 Å². The van der Waals surface area contributed by atoms with Crippen molar-refractivity contribution in [3.05, 3.63) is 27.3 Å². The summed E-state index contributed by atoms with van der Waals surface area (Å²) in [6, 6.07) is 2.37. The molecule has 2 rings (SSSR count). The maximum Gasteiger partial charge on any atom is 0.316 e. The van der Waals surface area contributed by atoms with Gasteiger partial charge in [0.05, 0.1) is 16.6 Å². The normalized spacial score (nSPS) is 20.9. The van der Waals surface area contributed by atoms with Crippen LogP contribution in [0.25, 0.3) is 0 Å². The van der Waals surface area contributed by atoms with Crippen molar-refractivity contribution in [2.24, 2.45) is 0 Å². The number of aromatic hydroxyl groups is 1. The van der Waals surface area contributed by atoms with Crippen LogP contribution in [0.2, 0.25) is 5.02 Å². The molecule has 1 N–H and O–H groups in total. The fraction of sp³-hybridized carbons (Fsp3) is 0.500. The van der Waals surface area contributed by atoms with Gasteiger partial charge in [-0.2, -0.15) is 0 Å². The lowest BCUT2D eigenvalue weighted by Crippen LogP contribution is -2.25. The van der Waals surface area contributed by atoms with E-state index in [9.17, 15) is 15.2 Å². The van der Waals surface area contributed by atoms with Gasteiger partial charge in [0.1, 0.15) is 12.7 Å². The third-order valence-corrected chi connectivity index (χ3v) is 2.93. The number of nitro groups is 1. The van der Waals surface area contributed by atoms with Gasteiger partial charge in [0.25, 0.3) is 0 Å². The summed E-state index contributed by atoms with van der Waals surface area (Å²) >= 11 is 5.76. The molecule has 1 aliphatic rings. The summed E-state index contributed by atoms with van der Waals surface area (Å²) in [6.45, 7) is 3.98. The molecule has 1 aliphatic heterocycles. The Labute approximate surface area is 120 Å². The van der Waals surface area contributed by atoms with Crippen LogP contribution in [0.3, 0.4) is 0 Å². The molecule has 110 valence electrons. The van der Waals surface area contributed by atoms with E-state index in [0.717, 1.165) is 6.07 Å². The van der Waals surface area contributed by atoms with Crippen molar-refractivity contribution in [2.45, 2.75) is 25.7 Å². The zero-order valence-electron chi connectivity index (χ0n) is 11.0. The van der Waals surface area contributed by atoms with Crippen molar-refractivity contribution in [3.63, 3.8) is 0 Å². The second-order valence-corrected chi connectivity index (χ2v) is 5.23. The summed E-state index contributed by atoms with van der Waals surface area (Å²) in [5.74, 6) is -1.30. The Morgan fingerprint density at radius 2 is 2.30 bits per heavy atom. The average molecular weight is 304 g/mol. The van der Waals surface area contributed by atoms with Gasteiger partial charge in [-0.25, -0.2) is 0 Å². The molecule has 0 aromatic heterocycles. The summed E-state index contributed by atoms with van der Waals surface area (Å²) in [6.07, 6.45) is -0.317. The number of nitro benzene ring substituents is 1. The largest absolute Gasteiger partial charge is 0.500 e. The molecule has 1 aromatic carbocycles. The van der Waals surface area contributed by atoms with Gasteiger partial charge in [0.2, 0.25) is 5.75 Å². The monoisotopic (exact) mass is 303 g/mol. The van der Waals surface area contributed by atoms with Crippen molar-refractivity contribution in [2.75, 3.05) is 13.2 Å². The summed E-state index contributed by atoms with van der Waals surface area (Å²) in [5.41, 5.74) is -0.503. The maximum absolute atomic E-state index is 10.8. The second-order valence-electron chi connectivity index (χ2n) is 4.79. The number of hydrogen-bond acceptors (Lipinski definition) is 6. The van der Waals surface area contributed by atoms with Gasteiger partial charge in [-0.3, -0.25) is 10.1 Å². The Morgan fingerprint density at radius 1 is 1.60 bits per heavy atom. The molecule has 1 aromatic rings. The number of rotatable bonds is 4. The van der Waals surface area contributed by atoms with Crippen LogP contribution < -0.4 is 4.74 Å². The number of benzene rings is 1. The zero-order chi connectivity index (χ0) is 14.9. The van der Waals surface area contributed by atoms with Crippen molar-refractivity contribution in [1.82, 2.24) is 0 Å². The van der Waals surface area contributed by atoms with Gasteiger partial charge in [-0.1, -0.05) is 11.6 Å². The number of phenols is 1. The molecule has 0 radical (unpaired) electrons. The van der Waals surface area contributed by atoms with Crippen LogP contribution in [0.15, 0.2) is 12.1 Å². The molecule has 0 unspecified atom stereocenters. The summed E-state index contributed by atoms with van der Waals surface area (Å²) in [4.78, 5) is 10.0. The Morgan fingerprint density at radius 3 is 2.85 bits per heavy atom. The molecule has 0 amide bonds. The van der Waals surface area contributed by atoms with Crippen molar-refractivity contribution in [1.29, 1.82) is 0 Å². The van der Waals surface area contributed by atoms with E-state index in [4.69, 9.17) is 25.8 Å². The minimum atomic E-state index is -0.730. The van der Waals surface area contributed by atoms with Gasteiger partial charge in [0, 0.05) is 12.1 Å². The number of phenolic OH excluding ortho intramolecular Hbond substituents is 1. The van der Waals surface area contributed by atoms with Crippen LogP contribution in [-0.2, 0) is 9.47 Å². The third kappa shape index (κ3) is 3.30. The van der Waals surface area contributed by atoms with Crippen LogP contribution in [0, 0.1) is 10.1 Å². The fourth-order valence-electron chi connectivity index (χ4n) is 1.84. The zero-order valence-corrected chi connectivity index (χ0v) is 11.7. The Hall–Kier alpha value is -1.57. The minimum absolute atomic E-state index is 0.0579. The Bertz CT molecular complexity index is 533. The molecular formula is C12H14ClNO6. The third-order valence-electron chi connectivity index (χ3n) is 2.71. The molecule has 20 heavy (non-hydrogen) atoms. The van der Waals surface area contributed by atoms with Gasteiger partial charge in [-0.15, -0.1) is 0 Å². The molecule has 1 heterocycles. The number of ether oxygens (including phenoxy) is 3. The van der Waals surface area contributed by atoms with Crippen LogP contribution in [0.4, 0.5) is 5.69 Å². The predicted octanol–water partition coefficient (Wildman–Crippen LogP) is 2.48. The summed E-state index contributed by atoms with van der Waals surface area (Å²) in [5, 5.41) is 20.6. The topological polar surface area (TPSA) is 91.1 Å². The van der Waals surface area contributed by atoms with E-state index in [1.807, 2.05) is 0 Å². The highest BCUT2D eigenvalue weighted by atomic mass is 35.5. The highest BCUT2D eigenvalue weighted by Crippen LogP contribution is 2.39. The Kier molecular flexibility index (Phi) is 4.03. The van der Waals surface area contributed by atoms with E-state index in [2.05, 4.69) is 0 Å². The number of halogens is 1.